The Kier molecular flexibility index (Phi) is 5.77. The molecule has 1 saturated carbocycles. The van der Waals surface area contributed by atoms with Gasteiger partial charge in [-0.3, -0.25) is 9.47 Å². The SMILES string of the molecule is O=C(Cn1nc(C2CCCCC2)n(-n2cccc2)c1=S)Nc1cccc(Br)c1. The molecule has 28 heavy (non-hydrogen) atoms. The van der Waals surface area contributed by atoms with E-state index in [0.717, 1.165) is 28.8 Å². The summed E-state index contributed by atoms with van der Waals surface area (Å²) in [5.74, 6) is 1.16. The maximum atomic E-state index is 12.6. The van der Waals surface area contributed by atoms with E-state index in [1.807, 2.05) is 58.1 Å². The number of aromatic nitrogens is 4. The van der Waals surface area contributed by atoms with Gasteiger partial charge in [0.15, 0.2) is 5.82 Å². The highest BCUT2D eigenvalue weighted by Crippen LogP contribution is 2.32. The number of hydrogen-bond acceptors (Lipinski definition) is 3. The third-order valence-corrected chi connectivity index (χ3v) is 5.91. The fourth-order valence-electron chi connectivity index (χ4n) is 3.71. The fourth-order valence-corrected chi connectivity index (χ4v) is 4.41. The number of amides is 1. The van der Waals surface area contributed by atoms with Crippen LogP contribution in [-0.2, 0) is 11.3 Å². The Morgan fingerprint density at radius 1 is 1.18 bits per heavy atom. The molecule has 6 nitrogen and oxygen atoms in total. The van der Waals surface area contributed by atoms with Crippen molar-refractivity contribution >= 4 is 39.7 Å². The maximum absolute atomic E-state index is 12.6. The molecule has 2 heterocycles. The van der Waals surface area contributed by atoms with Gasteiger partial charge < -0.3 is 5.32 Å². The van der Waals surface area contributed by atoms with Crippen molar-refractivity contribution in [3.63, 3.8) is 0 Å². The van der Waals surface area contributed by atoms with Gasteiger partial charge in [0.1, 0.15) is 6.54 Å². The zero-order valence-electron chi connectivity index (χ0n) is 15.4. The lowest BCUT2D eigenvalue weighted by Crippen LogP contribution is -2.20. The van der Waals surface area contributed by atoms with Crippen LogP contribution in [0.2, 0.25) is 0 Å². The number of halogens is 1. The number of hydrogen-bond donors (Lipinski definition) is 1. The molecule has 4 rings (SSSR count). The van der Waals surface area contributed by atoms with Gasteiger partial charge in [-0.25, -0.2) is 9.36 Å². The Labute approximate surface area is 177 Å². The molecule has 0 atom stereocenters. The van der Waals surface area contributed by atoms with Gasteiger partial charge in [-0.05, 0) is 55.4 Å². The molecule has 3 aromatic rings. The second-order valence-corrected chi connectivity index (χ2v) is 8.35. The number of rotatable bonds is 5. The van der Waals surface area contributed by atoms with Crippen molar-refractivity contribution in [3.05, 3.63) is 63.9 Å². The second kappa shape index (κ2) is 8.45. The van der Waals surface area contributed by atoms with Crippen molar-refractivity contribution in [3.8, 4) is 0 Å². The Morgan fingerprint density at radius 2 is 1.93 bits per heavy atom. The lowest BCUT2D eigenvalue weighted by atomic mass is 9.89. The summed E-state index contributed by atoms with van der Waals surface area (Å²) < 4.78 is 6.98. The number of nitrogens with one attached hydrogen (secondary N) is 1. The van der Waals surface area contributed by atoms with E-state index in [1.54, 1.807) is 4.68 Å². The second-order valence-electron chi connectivity index (χ2n) is 7.07. The van der Waals surface area contributed by atoms with Gasteiger partial charge in [0.05, 0.1) is 0 Å². The maximum Gasteiger partial charge on any atom is 0.246 e. The van der Waals surface area contributed by atoms with E-state index < -0.39 is 0 Å². The smallest absolute Gasteiger partial charge is 0.246 e. The third-order valence-electron chi connectivity index (χ3n) is 5.03. The zero-order chi connectivity index (χ0) is 19.5. The molecule has 1 fully saturated rings. The third kappa shape index (κ3) is 4.12. The zero-order valence-corrected chi connectivity index (χ0v) is 17.8. The highest BCUT2D eigenvalue weighted by atomic mass is 79.9. The monoisotopic (exact) mass is 459 g/mol. The van der Waals surface area contributed by atoms with E-state index in [2.05, 4.69) is 21.2 Å². The van der Waals surface area contributed by atoms with E-state index in [-0.39, 0.29) is 12.5 Å². The minimum absolute atomic E-state index is 0.0827. The quantitative estimate of drug-likeness (QED) is 0.547. The van der Waals surface area contributed by atoms with Crippen molar-refractivity contribution in [2.75, 3.05) is 5.32 Å². The summed E-state index contributed by atoms with van der Waals surface area (Å²) in [5.41, 5.74) is 0.739. The molecule has 1 amide bonds. The van der Waals surface area contributed by atoms with Crippen molar-refractivity contribution in [1.82, 2.24) is 19.1 Å². The Morgan fingerprint density at radius 3 is 2.64 bits per heavy atom. The number of carbonyl (C=O) groups excluding carboxylic acids is 1. The molecular formula is C20H22BrN5OS. The van der Waals surface area contributed by atoms with Crippen LogP contribution in [0.4, 0.5) is 5.69 Å². The summed E-state index contributed by atoms with van der Waals surface area (Å²) in [5, 5.41) is 7.68. The van der Waals surface area contributed by atoms with E-state index in [0.29, 0.717) is 10.7 Å². The number of carbonyl (C=O) groups is 1. The van der Waals surface area contributed by atoms with E-state index >= 15 is 0 Å². The van der Waals surface area contributed by atoms with Gasteiger partial charge in [0.25, 0.3) is 0 Å². The Balaban J connectivity index is 1.62. The molecule has 8 heteroatoms. The molecule has 1 aromatic carbocycles. The van der Waals surface area contributed by atoms with Gasteiger partial charge in [-0.1, -0.05) is 41.3 Å². The lowest BCUT2D eigenvalue weighted by molar-refractivity contribution is -0.116. The van der Waals surface area contributed by atoms with Crippen LogP contribution >= 0.6 is 28.1 Å². The number of anilines is 1. The largest absolute Gasteiger partial charge is 0.324 e. The molecule has 1 aliphatic carbocycles. The van der Waals surface area contributed by atoms with E-state index in [9.17, 15) is 4.79 Å². The van der Waals surface area contributed by atoms with E-state index in [1.165, 1.54) is 19.3 Å². The predicted octanol–water partition coefficient (Wildman–Crippen LogP) is 4.98. The van der Waals surface area contributed by atoms with Crippen LogP contribution < -0.4 is 5.32 Å². The molecule has 2 aromatic heterocycles. The topological polar surface area (TPSA) is 56.8 Å². The molecule has 0 aliphatic heterocycles. The number of nitrogens with zero attached hydrogens (tertiary/aromatic N) is 4. The van der Waals surface area contributed by atoms with Gasteiger partial charge in [-0.15, -0.1) is 0 Å². The summed E-state index contributed by atoms with van der Waals surface area (Å²) in [6.45, 7) is 0.0827. The molecule has 0 unspecified atom stereocenters. The predicted molar refractivity (Wildman–Crippen MR) is 115 cm³/mol. The summed E-state index contributed by atoms with van der Waals surface area (Å²) in [4.78, 5) is 12.6. The molecule has 1 N–H and O–H groups in total. The van der Waals surface area contributed by atoms with Crippen LogP contribution in [0.5, 0.6) is 0 Å². The van der Waals surface area contributed by atoms with Crippen molar-refractivity contribution < 1.29 is 4.79 Å². The molecule has 1 aliphatic rings. The summed E-state index contributed by atoms with van der Waals surface area (Å²) in [6.07, 6.45) is 9.81. The van der Waals surface area contributed by atoms with E-state index in [4.69, 9.17) is 17.3 Å². The summed E-state index contributed by atoms with van der Waals surface area (Å²) >= 11 is 9.11. The molecule has 0 radical (unpaired) electrons. The first-order valence-electron chi connectivity index (χ1n) is 9.50. The first-order chi connectivity index (χ1) is 13.6. The minimum Gasteiger partial charge on any atom is -0.324 e. The normalized spacial score (nSPS) is 14.9. The van der Waals surface area contributed by atoms with Crippen molar-refractivity contribution in [1.29, 1.82) is 0 Å². The van der Waals surface area contributed by atoms with Crippen LogP contribution in [0, 0.1) is 4.77 Å². The van der Waals surface area contributed by atoms with Crippen LogP contribution in [0.25, 0.3) is 0 Å². The first kappa shape index (κ1) is 19.1. The Bertz CT molecular complexity index is 1020. The standard InChI is InChI=1S/C20H22BrN5OS/c21-16-9-6-10-17(13-16)22-18(27)14-25-20(28)26(24-11-4-5-12-24)19(23-25)15-7-2-1-3-8-15/h4-6,9-13,15H,1-3,7-8,14H2,(H,22,27). The van der Waals surface area contributed by atoms with Crippen molar-refractivity contribution in [2.45, 2.75) is 44.6 Å². The highest BCUT2D eigenvalue weighted by Gasteiger charge is 2.24. The summed E-state index contributed by atoms with van der Waals surface area (Å²) in [6, 6.07) is 11.4. The van der Waals surface area contributed by atoms with Gasteiger partial charge in [-0.2, -0.15) is 5.10 Å². The summed E-state index contributed by atoms with van der Waals surface area (Å²) in [7, 11) is 0. The van der Waals surface area contributed by atoms with Gasteiger partial charge in [0.2, 0.25) is 10.7 Å². The molecule has 0 spiro atoms. The van der Waals surface area contributed by atoms with Crippen LogP contribution in [0.3, 0.4) is 0 Å². The molecule has 146 valence electrons. The van der Waals surface area contributed by atoms with Crippen LogP contribution in [0.1, 0.15) is 43.8 Å². The Hall–Kier alpha value is -2.19. The lowest BCUT2D eigenvalue weighted by Gasteiger charge is -2.21. The molecule has 0 bridgehead atoms. The van der Waals surface area contributed by atoms with Gasteiger partial charge >= 0.3 is 0 Å². The average molecular weight is 460 g/mol. The number of benzene rings is 1. The van der Waals surface area contributed by atoms with Gasteiger partial charge in [0, 0.05) is 28.5 Å². The molecule has 0 saturated heterocycles. The minimum atomic E-state index is -0.151. The van der Waals surface area contributed by atoms with Crippen LogP contribution in [-0.4, -0.2) is 25.0 Å². The average Bonchev–Trinajstić information content (AvgIpc) is 3.31. The van der Waals surface area contributed by atoms with Crippen molar-refractivity contribution in [2.24, 2.45) is 0 Å². The fraction of sp³-hybridized carbons (Fsp3) is 0.350. The molecular weight excluding hydrogens is 438 g/mol. The highest BCUT2D eigenvalue weighted by molar-refractivity contribution is 9.10. The van der Waals surface area contributed by atoms with Crippen LogP contribution in [0.15, 0.2) is 53.3 Å². The first-order valence-corrected chi connectivity index (χ1v) is 10.7.